The number of pyridine rings is 2. The lowest BCUT2D eigenvalue weighted by atomic mass is 9.99. The molecule has 2 heterocycles. The molecule has 0 aliphatic carbocycles. The predicted molar refractivity (Wildman–Crippen MR) is 78.6 cm³/mol. The van der Waals surface area contributed by atoms with Gasteiger partial charge in [0.25, 0.3) is 0 Å². The number of hydrogen-bond acceptors (Lipinski definition) is 4. The first kappa shape index (κ1) is 12.6. The quantitative estimate of drug-likeness (QED) is 0.791. The van der Waals surface area contributed by atoms with E-state index in [1.54, 1.807) is 19.5 Å². The van der Waals surface area contributed by atoms with Crippen LogP contribution in [0.25, 0.3) is 10.9 Å². The maximum atomic E-state index is 6.39. The maximum absolute atomic E-state index is 6.39. The first-order valence-corrected chi connectivity index (χ1v) is 6.39. The second-order valence-corrected chi connectivity index (χ2v) is 4.49. The van der Waals surface area contributed by atoms with E-state index < -0.39 is 0 Å². The van der Waals surface area contributed by atoms with Gasteiger partial charge in [0, 0.05) is 17.8 Å². The monoisotopic (exact) mass is 265 g/mol. The Morgan fingerprint density at radius 1 is 1.00 bits per heavy atom. The van der Waals surface area contributed by atoms with E-state index in [0.29, 0.717) is 5.75 Å². The standard InChI is InChI=1S/C16H15N3O/c1-20-14-7-4-9-19-16(14)15(17)12-8-10-18-13-6-3-2-5-11(12)13/h2-10,15H,17H2,1H3. The average Bonchev–Trinajstić information content (AvgIpc) is 2.53. The van der Waals surface area contributed by atoms with Crippen LogP contribution in [0.2, 0.25) is 0 Å². The highest BCUT2D eigenvalue weighted by molar-refractivity contribution is 5.82. The van der Waals surface area contributed by atoms with Crippen molar-refractivity contribution >= 4 is 10.9 Å². The van der Waals surface area contributed by atoms with Crippen molar-refractivity contribution in [1.82, 2.24) is 9.97 Å². The largest absolute Gasteiger partial charge is 0.495 e. The summed E-state index contributed by atoms with van der Waals surface area (Å²) in [6.07, 6.45) is 3.49. The minimum absolute atomic E-state index is 0.348. The van der Waals surface area contributed by atoms with Gasteiger partial charge in [-0.25, -0.2) is 0 Å². The zero-order valence-electron chi connectivity index (χ0n) is 11.2. The minimum Gasteiger partial charge on any atom is -0.495 e. The summed E-state index contributed by atoms with van der Waals surface area (Å²) in [5.41, 5.74) is 9.04. The van der Waals surface area contributed by atoms with Crippen LogP contribution in [0.5, 0.6) is 5.75 Å². The fraction of sp³-hybridized carbons (Fsp3) is 0.125. The number of nitrogens with two attached hydrogens (primary N) is 1. The first-order chi connectivity index (χ1) is 9.81. The van der Waals surface area contributed by atoms with Crippen molar-refractivity contribution in [2.75, 3.05) is 7.11 Å². The van der Waals surface area contributed by atoms with Gasteiger partial charge in [-0.2, -0.15) is 0 Å². The van der Waals surface area contributed by atoms with Crippen molar-refractivity contribution < 1.29 is 4.74 Å². The Morgan fingerprint density at radius 3 is 2.70 bits per heavy atom. The van der Waals surface area contributed by atoms with E-state index in [4.69, 9.17) is 10.5 Å². The zero-order valence-corrected chi connectivity index (χ0v) is 11.2. The summed E-state index contributed by atoms with van der Waals surface area (Å²) in [5, 5.41) is 1.04. The van der Waals surface area contributed by atoms with Crippen molar-refractivity contribution in [3.05, 3.63) is 66.1 Å². The zero-order chi connectivity index (χ0) is 13.9. The van der Waals surface area contributed by atoms with Crippen molar-refractivity contribution in [2.45, 2.75) is 6.04 Å². The number of para-hydroxylation sites is 1. The third-order valence-electron chi connectivity index (χ3n) is 3.33. The molecule has 0 aliphatic heterocycles. The van der Waals surface area contributed by atoms with Gasteiger partial charge in [0.2, 0.25) is 0 Å². The Labute approximate surface area is 117 Å². The Morgan fingerprint density at radius 2 is 1.85 bits per heavy atom. The van der Waals surface area contributed by atoms with Crippen LogP contribution in [0.15, 0.2) is 54.9 Å². The van der Waals surface area contributed by atoms with Crippen molar-refractivity contribution in [3.8, 4) is 5.75 Å². The van der Waals surface area contributed by atoms with E-state index in [0.717, 1.165) is 22.2 Å². The van der Waals surface area contributed by atoms with Gasteiger partial charge in [0.15, 0.2) is 0 Å². The van der Waals surface area contributed by atoms with Crippen molar-refractivity contribution in [1.29, 1.82) is 0 Å². The lowest BCUT2D eigenvalue weighted by Crippen LogP contribution is -2.15. The molecule has 1 unspecified atom stereocenters. The second kappa shape index (κ2) is 5.27. The molecule has 20 heavy (non-hydrogen) atoms. The molecule has 0 aliphatic rings. The molecule has 0 saturated heterocycles. The molecule has 3 aromatic rings. The van der Waals surface area contributed by atoms with Crippen LogP contribution in [0.4, 0.5) is 0 Å². The number of methoxy groups -OCH3 is 1. The fourth-order valence-corrected chi connectivity index (χ4v) is 2.35. The number of nitrogens with zero attached hydrogens (tertiary/aromatic N) is 2. The number of aromatic nitrogens is 2. The molecule has 0 amide bonds. The van der Waals surface area contributed by atoms with E-state index in [-0.39, 0.29) is 6.04 Å². The van der Waals surface area contributed by atoms with Gasteiger partial charge in [-0.1, -0.05) is 18.2 Å². The molecule has 0 saturated carbocycles. The Bertz CT molecular complexity index is 737. The summed E-state index contributed by atoms with van der Waals surface area (Å²) in [5.74, 6) is 0.695. The van der Waals surface area contributed by atoms with Gasteiger partial charge in [-0.3, -0.25) is 9.97 Å². The van der Waals surface area contributed by atoms with Gasteiger partial charge in [-0.15, -0.1) is 0 Å². The van der Waals surface area contributed by atoms with Gasteiger partial charge in [-0.05, 0) is 29.8 Å². The van der Waals surface area contributed by atoms with Crippen LogP contribution in [-0.2, 0) is 0 Å². The highest BCUT2D eigenvalue weighted by Crippen LogP contribution is 2.29. The maximum Gasteiger partial charge on any atom is 0.142 e. The van der Waals surface area contributed by atoms with E-state index >= 15 is 0 Å². The number of rotatable bonds is 3. The molecule has 0 radical (unpaired) electrons. The highest BCUT2D eigenvalue weighted by atomic mass is 16.5. The molecular weight excluding hydrogens is 250 g/mol. The molecule has 0 bridgehead atoms. The number of benzene rings is 1. The third-order valence-corrected chi connectivity index (χ3v) is 3.33. The van der Waals surface area contributed by atoms with Gasteiger partial charge in [0.1, 0.15) is 11.4 Å². The molecule has 0 fully saturated rings. The first-order valence-electron chi connectivity index (χ1n) is 6.39. The highest BCUT2D eigenvalue weighted by Gasteiger charge is 2.17. The second-order valence-electron chi connectivity index (χ2n) is 4.49. The van der Waals surface area contributed by atoms with Crippen molar-refractivity contribution in [3.63, 3.8) is 0 Å². The number of fused-ring (bicyclic) bond motifs is 1. The molecule has 4 heteroatoms. The number of hydrogen-bond donors (Lipinski definition) is 1. The summed E-state index contributed by atoms with van der Waals surface area (Å²) in [6.45, 7) is 0. The Balaban J connectivity index is 2.15. The lowest BCUT2D eigenvalue weighted by molar-refractivity contribution is 0.404. The summed E-state index contributed by atoms with van der Waals surface area (Å²) in [6, 6.07) is 13.2. The van der Waals surface area contributed by atoms with Gasteiger partial charge >= 0.3 is 0 Å². The SMILES string of the molecule is COc1cccnc1C(N)c1ccnc2ccccc12. The van der Waals surface area contributed by atoms with Crippen LogP contribution >= 0.6 is 0 Å². The smallest absolute Gasteiger partial charge is 0.142 e. The minimum atomic E-state index is -0.348. The molecule has 1 atom stereocenters. The van der Waals surface area contributed by atoms with Crippen LogP contribution in [0.1, 0.15) is 17.3 Å². The van der Waals surface area contributed by atoms with Crippen molar-refractivity contribution in [2.24, 2.45) is 5.73 Å². The predicted octanol–water partition coefficient (Wildman–Crippen LogP) is 2.69. The molecule has 1 aromatic carbocycles. The molecule has 3 rings (SSSR count). The molecular formula is C16H15N3O. The molecule has 2 N–H and O–H groups in total. The summed E-state index contributed by atoms with van der Waals surface area (Å²) in [7, 11) is 1.62. The topological polar surface area (TPSA) is 61.0 Å². The Kier molecular flexibility index (Phi) is 3.31. The van der Waals surface area contributed by atoms with Gasteiger partial charge < -0.3 is 10.5 Å². The van der Waals surface area contributed by atoms with E-state index in [9.17, 15) is 0 Å². The van der Waals surface area contributed by atoms with E-state index in [1.807, 2.05) is 42.5 Å². The normalized spacial score (nSPS) is 12.3. The van der Waals surface area contributed by atoms with E-state index in [1.165, 1.54) is 0 Å². The average molecular weight is 265 g/mol. The summed E-state index contributed by atoms with van der Waals surface area (Å²) < 4.78 is 5.34. The fourth-order valence-electron chi connectivity index (χ4n) is 2.35. The van der Waals surface area contributed by atoms with Crippen LogP contribution in [0.3, 0.4) is 0 Å². The summed E-state index contributed by atoms with van der Waals surface area (Å²) >= 11 is 0. The lowest BCUT2D eigenvalue weighted by Gasteiger charge is -2.16. The van der Waals surface area contributed by atoms with Gasteiger partial charge in [0.05, 0.1) is 18.7 Å². The molecule has 4 nitrogen and oxygen atoms in total. The van der Waals surface area contributed by atoms with Crippen LogP contribution < -0.4 is 10.5 Å². The Hall–Kier alpha value is -2.46. The molecule has 2 aromatic heterocycles. The van der Waals surface area contributed by atoms with E-state index in [2.05, 4.69) is 9.97 Å². The summed E-state index contributed by atoms with van der Waals surface area (Å²) in [4.78, 5) is 8.72. The van der Waals surface area contributed by atoms with Crippen LogP contribution in [0, 0.1) is 0 Å². The molecule has 0 spiro atoms. The number of ether oxygens (including phenoxy) is 1. The third kappa shape index (κ3) is 2.10. The van der Waals surface area contributed by atoms with Crippen LogP contribution in [-0.4, -0.2) is 17.1 Å². The molecule has 100 valence electrons.